The van der Waals surface area contributed by atoms with Gasteiger partial charge in [0.1, 0.15) is 0 Å². The number of fused-ring (bicyclic) bond motifs is 3. The van der Waals surface area contributed by atoms with Crippen LogP contribution in [0.4, 0.5) is 0 Å². The first-order valence-electron chi connectivity index (χ1n) is 9.27. The zero-order valence-electron chi connectivity index (χ0n) is 12.8. The summed E-state index contributed by atoms with van der Waals surface area (Å²) in [5.41, 5.74) is 0. The minimum atomic E-state index is 0.674. The minimum Gasteiger partial charge on any atom is -0.198 e. The molecule has 6 rings (SSSR count). The highest BCUT2D eigenvalue weighted by atomic mass is 14.8. The van der Waals surface area contributed by atoms with Gasteiger partial charge in [-0.2, -0.15) is 10.5 Å². The van der Waals surface area contributed by atoms with E-state index in [4.69, 9.17) is 0 Å². The molecule has 12 atom stereocenters. The van der Waals surface area contributed by atoms with E-state index in [9.17, 15) is 10.5 Å². The van der Waals surface area contributed by atoms with Crippen LogP contribution < -0.4 is 0 Å². The van der Waals surface area contributed by atoms with Crippen molar-refractivity contribution in [2.45, 2.75) is 25.7 Å². The summed E-state index contributed by atoms with van der Waals surface area (Å²) in [6.45, 7) is 0. The molecule has 2 unspecified atom stereocenters. The first kappa shape index (κ1) is 12.2. The van der Waals surface area contributed by atoms with Gasteiger partial charge in [-0.15, -0.1) is 0 Å². The van der Waals surface area contributed by atoms with E-state index in [1.807, 2.05) is 0 Å². The molecule has 0 bridgehead atoms. The van der Waals surface area contributed by atoms with E-state index in [1.54, 1.807) is 0 Å². The van der Waals surface area contributed by atoms with Crippen LogP contribution in [-0.2, 0) is 0 Å². The Hall–Kier alpha value is -1.28. The van der Waals surface area contributed by atoms with Crippen molar-refractivity contribution >= 4 is 0 Å². The Kier molecular flexibility index (Phi) is 2.10. The molecular formula is C20H22N2. The lowest BCUT2D eigenvalue weighted by Crippen LogP contribution is -2.23. The third-order valence-corrected chi connectivity index (χ3v) is 9.04. The van der Waals surface area contributed by atoms with E-state index in [0.29, 0.717) is 11.8 Å². The van der Waals surface area contributed by atoms with Gasteiger partial charge in [-0.1, -0.05) is 12.2 Å². The van der Waals surface area contributed by atoms with Crippen molar-refractivity contribution in [1.29, 1.82) is 10.5 Å². The monoisotopic (exact) mass is 290 g/mol. The van der Waals surface area contributed by atoms with Crippen LogP contribution in [0.15, 0.2) is 12.2 Å². The number of hydrogen-bond donors (Lipinski definition) is 0. The van der Waals surface area contributed by atoms with Crippen LogP contribution in [0.1, 0.15) is 25.7 Å². The van der Waals surface area contributed by atoms with Crippen LogP contribution in [0.2, 0.25) is 0 Å². The molecule has 0 saturated heterocycles. The first-order chi connectivity index (χ1) is 10.8. The van der Waals surface area contributed by atoms with Gasteiger partial charge in [-0.25, -0.2) is 0 Å². The largest absolute Gasteiger partial charge is 0.198 e. The highest BCUT2D eigenvalue weighted by Crippen LogP contribution is 2.80. The minimum absolute atomic E-state index is 0.674. The van der Waals surface area contributed by atoms with Crippen LogP contribution in [0.3, 0.4) is 0 Å². The fourth-order valence-corrected chi connectivity index (χ4v) is 9.17. The number of allylic oxidation sites excluding steroid dienone is 2. The Labute approximate surface area is 132 Å². The van der Waals surface area contributed by atoms with Gasteiger partial charge >= 0.3 is 0 Å². The third kappa shape index (κ3) is 1.08. The molecule has 2 nitrogen and oxygen atoms in total. The molecule has 2 heteroatoms. The van der Waals surface area contributed by atoms with Gasteiger partial charge in [0.05, 0.1) is 12.1 Å². The molecule has 0 aromatic rings. The number of nitriles is 2. The molecule has 0 N–H and O–H groups in total. The number of rotatable bonds is 2. The van der Waals surface area contributed by atoms with Crippen molar-refractivity contribution in [3.05, 3.63) is 12.2 Å². The number of hydrogen-bond acceptors (Lipinski definition) is 2. The summed E-state index contributed by atoms with van der Waals surface area (Å²) in [6.07, 6.45) is 9.34. The summed E-state index contributed by atoms with van der Waals surface area (Å²) < 4.78 is 0. The summed E-state index contributed by atoms with van der Waals surface area (Å²) in [7, 11) is 0. The van der Waals surface area contributed by atoms with Crippen molar-refractivity contribution < 1.29 is 0 Å². The van der Waals surface area contributed by atoms with E-state index in [1.165, 1.54) is 12.8 Å². The third-order valence-electron chi connectivity index (χ3n) is 9.04. The maximum atomic E-state index is 9.26. The molecule has 0 aromatic heterocycles. The standard InChI is InChI=1S/C20H22N2/c21-5-3-9-7-13-14-8-10(4-6-22)16-12-2-1-11-15(9)18(13)20(17(11)12)19(14)16/h1-2,9-20H,3-4,7-8H2/t9-,10+,11-,12-,13-,14+,15+,16-,17?,18-,19-,20?/m0/s1. The molecule has 0 spiro atoms. The quantitative estimate of drug-likeness (QED) is 0.729. The summed E-state index contributed by atoms with van der Waals surface area (Å²) in [4.78, 5) is 0. The molecule has 6 aliphatic carbocycles. The van der Waals surface area contributed by atoms with Crippen LogP contribution in [0, 0.1) is 93.7 Å². The van der Waals surface area contributed by atoms with Crippen molar-refractivity contribution in [3.8, 4) is 12.1 Å². The van der Waals surface area contributed by atoms with Gasteiger partial charge in [-0.05, 0) is 83.9 Å². The summed E-state index contributed by atoms with van der Waals surface area (Å²) in [5.74, 6) is 10.2. The normalized spacial score (nSPS) is 64.1. The average molecular weight is 290 g/mol. The van der Waals surface area contributed by atoms with Crippen LogP contribution in [-0.4, -0.2) is 0 Å². The van der Waals surface area contributed by atoms with Gasteiger partial charge in [0.15, 0.2) is 0 Å². The lowest BCUT2D eigenvalue weighted by molar-refractivity contribution is 0.225. The van der Waals surface area contributed by atoms with E-state index in [-0.39, 0.29) is 0 Å². The first-order valence-corrected chi connectivity index (χ1v) is 9.27. The van der Waals surface area contributed by atoms with Gasteiger partial charge in [0, 0.05) is 12.8 Å². The van der Waals surface area contributed by atoms with E-state index < -0.39 is 0 Å². The van der Waals surface area contributed by atoms with Gasteiger partial charge < -0.3 is 0 Å². The topological polar surface area (TPSA) is 47.6 Å². The SMILES string of the molecule is N#CC[C@@H]1C[C@@H]2[C@@H]3C[C@H](CC#N)[C@H]4[C@H]3C3C5[C@@H](C=C[C@H]54)[C@H]1[C@@H]32. The smallest absolute Gasteiger partial charge is 0.0624 e. The summed E-state index contributed by atoms with van der Waals surface area (Å²) in [6, 6.07) is 4.98. The Morgan fingerprint density at radius 3 is 1.64 bits per heavy atom. The van der Waals surface area contributed by atoms with Gasteiger partial charge in [-0.3, -0.25) is 0 Å². The molecule has 6 aliphatic rings. The second-order valence-corrected chi connectivity index (χ2v) is 9.05. The second-order valence-electron chi connectivity index (χ2n) is 9.05. The maximum absolute atomic E-state index is 9.26. The Morgan fingerprint density at radius 2 is 1.18 bits per heavy atom. The lowest BCUT2D eigenvalue weighted by Gasteiger charge is -2.27. The van der Waals surface area contributed by atoms with E-state index in [0.717, 1.165) is 72.0 Å². The van der Waals surface area contributed by atoms with Crippen molar-refractivity contribution in [1.82, 2.24) is 0 Å². The summed E-state index contributed by atoms with van der Waals surface area (Å²) >= 11 is 0. The van der Waals surface area contributed by atoms with Crippen molar-refractivity contribution in [2.75, 3.05) is 0 Å². The molecule has 0 aliphatic heterocycles. The fraction of sp³-hybridized carbons (Fsp3) is 0.800. The Bertz CT molecular complexity index is 598. The van der Waals surface area contributed by atoms with E-state index >= 15 is 0 Å². The molecule has 0 amide bonds. The molecule has 0 aromatic carbocycles. The average Bonchev–Trinajstić information content (AvgIpc) is 3.21. The molecule has 112 valence electrons. The molecule has 0 radical (unpaired) electrons. The highest BCUT2D eigenvalue weighted by molar-refractivity contribution is 5.31. The Morgan fingerprint density at radius 1 is 0.682 bits per heavy atom. The van der Waals surface area contributed by atoms with Gasteiger partial charge in [0.25, 0.3) is 0 Å². The van der Waals surface area contributed by atoms with Crippen LogP contribution in [0.5, 0.6) is 0 Å². The second kappa shape index (κ2) is 3.79. The predicted octanol–water partition coefficient (Wildman–Crippen LogP) is 3.63. The molecule has 5 fully saturated rings. The zero-order chi connectivity index (χ0) is 14.6. The van der Waals surface area contributed by atoms with E-state index in [2.05, 4.69) is 24.3 Å². The lowest BCUT2D eigenvalue weighted by atomic mass is 9.77. The van der Waals surface area contributed by atoms with Crippen LogP contribution in [0.25, 0.3) is 0 Å². The molecule has 5 saturated carbocycles. The fourth-order valence-electron chi connectivity index (χ4n) is 9.17. The Balaban J connectivity index is 1.47. The molecular weight excluding hydrogens is 268 g/mol. The summed E-state index contributed by atoms with van der Waals surface area (Å²) in [5, 5.41) is 18.5. The maximum Gasteiger partial charge on any atom is 0.0624 e. The zero-order valence-corrected chi connectivity index (χ0v) is 12.8. The van der Waals surface area contributed by atoms with Crippen molar-refractivity contribution in [2.24, 2.45) is 71.0 Å². The molecule has 0 heterocycles. The van der Waals surface area contributed by atoms with Gasteiger partial charge in [0.2, 0.25) is 0 Å². The number of nitrogens with zero attached hydrogens (tertiary/aromatic N) is 2. The highest BCUT2D eigenvalue weighted by Gasteiger charge is 2.76. The van der Waals surface area contributed by atoms with Crippen LogP contribution >= 0.6 is 0 Å². The molecule has 22 heavy (non-hydrogen) atoms. The van der Waals surface area contributed by atoms with Crippen molar-refractivity contribution in [3.63, 3.8) is 0 Å². The predicted molar refractivity (Wildman–Crippen MR) is 80.7 cm³/mol.